The van der Waals surface area contributed by atoms with Crippen molar-refractivity contribution < 1.29 is 4.74 Å². The van der Waals surface area contributed by atoms with Gasteiger partial charge in [-0.1, -0.05) is 59.8 Å². The Morgan fingerprint density at radius 2 is 1.71 bits per heavy atom. The van der Waals surface area contributed by atoms with Gasteiger partial charge in [-0.2, -0.15) is 0 Å². The molecule has 4 rings (SSSR count). The van der Waals surface area contributed by atoms with Crippen molar-refractivity contribution in [2.24, 2.45) is 0 Å². The van der Waals surface area contributed by atoms with Gasteiger partial charge in [-0.05, 0) is 28.5 Å². The van der Waals surface area contributed by atoms with Crippen LogP contribution in [0.3, 0.4) is 0 Å². The van der Waals surface area contributed by atoms with E-state index in [0.29, 0.717) is 6.54 Å². The second kappa shape index (κ2) is 6.16. The van der Waals surface area contributed by atoms with E-state index < -0.39 is 0 Å². The quantitative estimate of drug-likeness (QED) is 0.568. The molecule has 0 fully saturated rings. The summed E-state index contributed by atoms with van der Waals surface area (Å²) in [6.07, 6.45) is 1.82. The van der Waals surface area contributed by atoms with Crippen LogP contribution in [0.15, 0.2) is 72.9 Å². The molecule has 24 heavy (non-hydrogen) atoms. The first-order chi connectivity index (χ1) is 11.8. The van der Waals surface area contributed by atoms with Crippen LogP contribution in [0.4, 0.5) is 0 Å². The van der Waals surface area contributed by atoms with Gasteiger partial charge in [-0.3, -0.25) is 0 Å². The number of benzene rings is 3. The van der Waals surface area contributed by atoms with E-state index in [0.717, 1.165) is 22.6 Å². The summed E-state index contributed by atoms with van der Waals surface area (Å²) in [5, 5.41) is 10.8. The van der Waals surface area contributed by atoms with Gasteiger partial charge in [-0.25, -0.2) is 4.68 Å². The molecule has 0 saturated heterocycles. The highest BCUT2D eigenvalue weighted by Crippen LogP contribution is 2.28. The Balaban J connectivity index is 1.74. The second-order valence-electron chi connectivity index (χ2n) is 5.65. The van der Waals surface area contributed by atoms with E-state index in [2.05, 4.69) is 52.8 Å². The van der Waals surface area contributed by atoms with Crippen molar-refractivity contribution in [3.05, 3.63) is 78.5 Å². The van der Waals surface area contributed by atoms with E-state index in [4.69, 9.17) is 4.74 Å². The number of hydrogen-bond donors (Lipinski definition) is 0. The third-order valence-electron chi connectivity index (χ3n) is 4.17. The monoisotopic (exact) mass is 315 g/mol. The molecule has 4 nitrogen and oxygen atoms in total. The van der Waals surface area contributed by atoms with Gasteiger partial charge in [0, 0.05) is 5.56 Å². The highest BCUT2D eigenvalue weighted by Gasteiger charge is 2.10. The Morgan fingerprint density at radius 1 is 0.917 bits per heavy atom. The third-order valence-corrected chi connectivity index (χ3v) is 4.17. The van der Waals surface area contributed by atoms with Crippen LogP contribution >= 0.6 is 0 Å². The molecule has 0 aliphatic carbocycles. The number of nitrogens with zero attached hydrogens (tertiary/aromatic N) is 3. The summed E-state index contributed by atoms with van der Waals surface area (Å²) < 4.78 is 7.14. The van der Waals surface area contributed by atoms with E-state index in [9.17, 15) is 0 Å². The van der Waals surface area contributed by atoms with E-state index in [1.165, 1.54) is 10.8 Å². The molecule has 1 heterocycles. The smallest absolute Gasteiger partial charge is 0.118 e. The predicted molar refractivity (Wildman–Crippen MR) is 95.1 cm³/mol. The molecule has 0 aliphatic rings. The van der Waals surface area contributed by atoms with Crippen LogP contribution in [0.5, 0.6) is 5.75 Å². The van der Waals surface area contributed by atoms with Gasteiger partial charge in [0.05, 0.1) is 25.5 Å². The average Bonchev–Trinajstić information content (AvgIpc) is 3.10. The Morgan fingerprint density at radius 3 is 2.54 bits per heavy atom. The maximum absolute atomic E-state index is 5.21. The maximum atomic E-state index is 5.21. The van der Waals surface area contributed by atoms with Gasteiger partial charge < -0.3 is 4.74 Å². The summed E-state index contributed by atoms with van der Waals surface area (Å²) in [6.45, 7) is 0.669. The minimum atomic E-state index is 0.669. The van der Waals surface area contributed by atoms with Gasteiger partial charge in [0.15, 0.2) is 0 Å². The van der Waals surface area contributed by atoms with Crippen LogP contribution < -0.4 is 4.74 Å². The van der Waals surface area contributed by atoms with Crippen molar-refractivity contribution >= 4 is 10.8 Å². The molecule has 0 bridgehead atoms. The fourth-order valence-electron chi connectivity index (χ4n) is 2.94. The highest BCUT2D eigenvalue weighted by atomic mass is 16.5. The molecule has 0 spiro atoms. The number of hydrogen-bond acceptors (Lipinski definition) is 3. The number of aromatic nitrogens is 3. The molecular formula is C20H17N3O. The van der Waals surface area contributed by atoms with Gasteiger partial charge in [0.25, 0.3) is 0 Å². The van der Waals surface area contributed by atoms with Crippen LogP contribution in [0.25, 0.3) is 22.0 Å². The molecule has 0 amide bonds. The third kappa shape index (κ3) is 2.63. The van der Waals surface area contributed by atoms with Gasteiger partial charge >= 0.3 is 0 Å². The van der Waals surface area contributed by atoms with Crippen molar-refractivity contribution in [2.45, 2.75) is 6.54 Å². The maximum Gasteiger partial charge on any atom is 0.118 e. The average molecular weight is 315 g/mol. The lowest BCUT2D eigenvalue weighted by Gasteiger charge is -2.09. The normalized spacial score (nSPS) is 10.9. The van der Waals surface area contributed by atoms with Crippen LogP contribution in [-0.4, -0.2) is 22.1 Å². The summed E-state index contributed by atoms with van der Waals surface area (Å²) in [5.41, 5.74) is 3.32. The van der Waals surface area contributed by atoms with Crippen molar-refractivity contribution in [2.75, 3.05) is 7.11 Å². The SMILES string of the molecule is COc1ccc(Cn2nncc2-c2cccc3ccccc23)cc1. The lowest BCUT2D eigenvalue weighted by Crippen LogP contribution is -2.04. The Bertz CT molecular complexity index is 968. The lowest BCUT2D eigenvalue weighted by molar-refractivity contribution is 0.414. The van der Waals surface area contributed by atoms with Crippen molar-refractivity contribution in [1.29, 1.82) is 0 Å². The van der Waals surface area contributed by atoms with Crippen LogP contribution in [0, 0.1) is 0 Å². The first-order valence-corrected chi connectivity index (χ1v) is 7.85. The number of rotatable bonds is 4. The summed E-state index contributed by atoms with van der Waals surface area (Å²) >= 11 is 0. The lowest BCUT2D eigenvalue weighted by atomic mass is 10.0. The minimum Gasteiger partial charge on any atom is -0.497 e. The largest absolute Gasteiger partial charge is 0.497 e. The zero-order chi connectivity index (χ0) is 16.4. The first kappa shape index (κ1) is 14.5. The van der Waals surface area contributed by atoms with Gasteiger partial charge in [-0.15, -0.1) is 5.10 Å². The number of fused-ring (bicyclic) bond motifs is 1. The molecule has 3 aromatic carbocycles. The van der Waals surface area contributed by atoms with Gasteiger partial charge in [0.1, 0.15) is 5.75 Å². The van der Waals surface area contributed by atoms with E-state index in [1.807, 2.05) is 35.1 Å². The van der Waals surface area contributed by atoms with Crippen LogP contribution in [0.2, 0.25) is 0 Å². The molecule has 118 valence electrons. The predicted octanol–water partition coefficient (Wildman–Crippen LogP) is 4.16. The molecular weight excluding hydrogens is 298 g/mol. The Hall–Kier alpha value is -3.14. The molecule has 0 radical (unpaired) electrons. The van der Waals surface area contributed by atoms with E-state index >= 15 is 0 Å². The molecule has 4 heteroatoms. The molecule has 0 atom stereocenters. The topological polar surface area (TPSA) is 39.9 Å². The summed E-state index contributed by atoms with van der Waals surface area (Å²) in [4.78, 5) is 0. The van der Waals surface area contributed by atoms with Crippen molar-refractivity contribution in [1.82, 2.24) is 15.0 Å². The van der Waals surface area contributed by atoms with E-state index in [-0.39, 0.29) is 0 Å². The van der Waals surface area contributed by atoms with Crippen LogP contribution in [0.1, 0.15) is 5.56 Å². The summed E-state index contributed by atoms with van der Waals surface area (Å²) in [5.74, 6) is 0.853. The number of ether oxygens (including phenoxy) is 1. The fraction of sp³-hybridized carbons (Fsp3) is 0.100. The fourth-order valence-corrected chi connectivity index (χ4v) is 2.94. The molecule has 0 saturated carbocycles. The molecule has 0 aliphatic heterocycles. The standard InChI is InChI=1S/C20H17N3O/c1-24-17-11-9-15(10-12-17)14-23-20(13-21-22-23)19-8-4-6-16-5-2-3-7-18(16)19/h2-13H,14H2,1H3. The summed E-state index contributed by atoms with van der Waals surface area (Å²) in [7, 11) is 1.67. The summed E-state index contributed by atoms with van der Waals surface area (Å²) in [6, 6.07) is 22.7. The number of methoxy groups -OCH3 is 1. The Kier molecular flexibility index (Phi) is 3.71. The van der Waals surface area contributed by atoms with Gasteiger partial charge in [0.2, 0.25) is 0 Å². The zero-order valence-corrected chi connectivity index (χ0v) is 13.4. The second-order valence-corrected chi connectivity index (χ2v) is 5.65. The molecule has 1 aromatic heterocycles. The molecule has 0 unspecified atom stereocenters. The highest BCUT2D eigenvalue weighted by molar-refractivity contribution is 5.95. The molecule has 4 aromatic rings. The first-order valence-electron chi connectivity index (χ1n) is 7.85. The minimum absolute atomic E-state index is 0.669. The van der Waals surface area contributed by atoms with Crippen molar-refractivity contribution in [3.8, 4) is 17.0 Å². The van der Waals surface area contributed by atoms with E-state index in [1.54, 1.807) is 7.11 Å². The van der Waals surface area contributed by atoms with Crippen LogP contribution in [-0.2, 0) is 6.54 Å². The van der Waals surface area contributed by atoms with Crippen molar-refractivity contribution in [3.63, 3.8) is 0 Å². The zero-order valence-electron chi connectivity index (χ0n) is 13.4. The Labute approximate surface area is 140 Å². The molecule has 0 N–H and O–H groups in total.